The van der Waals surface area contributed by atoms with Crippen LogP contribution in [0.1, 0.15) is 52.9 Å². The van der Waals surface area contributed by atoms with Gasteiger partial charge in [0, 0.05) is 12.8 Å². The van der Waals surface area contributed by atoms with Crippen LogP contribution in [0.2, 0.25) is 0 Å². The number of carbonyl (C=O) groups is 6. The van der Waals surface area contributed by atoms with Gasteiger partial charge in [-0.2, -0.15) is 0 Å². The van der Waals surface area contributed by atoms with Gasteiger partial charge in [0.15, 0.2) is 0 Å². The average molecular weight is 460 g/mol. The van der Waals surface area contributed by atoms with Crippen LogP contribution in [0.5, 0.6) is 0 Å². The van der Waals surface area contributed by atoms with E-state index in [-0.39, 0.29) is 12.8 Å². The third-order valence-electron chi connectivity index (χ3n) is 4.75. The van der Waals surface area contributed by atoms with Crippen LogP contribution in [0.3, 0.4) is 0 Å². The molecule has 0 spiro atoms. The standard InChI is InChI=1S/C19H32N4O9/c1-4-9(2)15(18(30)22-12(19(31)32)6-8-14(26)27)23-17(29)11(5-7-13(24)25)21-16(28)10(3)20/h9-12,15H,4-8,20H2,1-3H3,(H,21,28)(H,22,30)(H,23,29)(H,24,25)(H,26,27)(H,31,32). The third-order valence-corrected chi connectivity index (χ3v) is 4.75. The van der Waals surface area contributed by atoms with Crippen LogP contribution in [0.15, 0.2) is 0 Å². The van der Waals surface area contributed by atoms with Crippen molar-refractivity contribution >= 4 is 35.6 Å². The molecule has 0 aliphatic carbocycles. The number of carbonyl (C=O) groups excluding carboxylic acids is 3. The molecule has 0 aromatic rings. The fourth-order valence-corrected chi connectivity index (χ4v) is 2.58. The summed E-state index contributed by atoms with van der Waals surface area (Å²) in [7, 11) is 0. The van der Waals surface area contributed by atoms with Crippen molar-refractivity contribution in [2.24, 2.45) is 11.7 Å². The molecule has 3 amide bonds. The number of hydrogen-bond acceptors (Lipinski definition) is 7. The highest BCUT2D eigenvalue weighted by molar-refractivity contribution is 5.94. The topological polar surface area (TPSA) is 225 Å². The molecule has 13 nitrogen and oxygen atoms in total. The van der Waals surface area contributed by atoms with Gasteiger partial charge in [0.2, 0.25) is 17.7 Å². The van der Waals surface area contributed by atoms with E-state index >= 15 is 0 Å². The maximum atomic E-state index is 12.8. The smallest absolute Gasteiger partial charge is 0.326 e. The minimum Gasteiger partial charge on any atom is -0.481 e. The van der Waals surface area contributed by atoms with Gasteiger partial charge in [-0.3, -0.25) is 24.0 Å². The Bertz CT molecular complexity index is 711. The zero-order valence-electron chi connectivity index (χ0n) is 18.3. The Labute approximate surface area is 185 Å². The van der Waals surface area contributed by atoms with Gasteiger partial charge in [-0.15, -0.1) is 0 Å². The van der Waals surface area contributed by atoms with Gasteiger partial charge in [-0.1, -0.05) is 20.3 Å². The molecule has 0 saturated heterocycles. The summed E-state index contributed by atoms with van der Waals surface area (Å²) >= 11 is 0. The highest BCUT2D eigenvalue weighted by Crippen LogP contribution is 2.11. The van der Waals surface area contributed by atoms with Crippen molar-refractivity contribution in [3.63, 3.8) is 0 Å². The Hall–Kier alpha value is -3.22. The monoisotopic (exact) mass is 460 g/mol. The van der Waals surface area contributed by atoms with Gasteiger partial charge in [0.05, 0.1) is 6.04 Å². The van der Waals surface area contributed by atoms with E-state index in [1.54, 1.807) is 13.8 Å². The molecule has 0 aliphatic heterocycles. The molecule has 8 N–H and O–H groups in total. The molecule has 0 saturated carbocycles. The Morgan fingerprint density at radius 3 is 1.62 bits per heavy atom. The molecule has 32 heavy (non-hydrogen) atoms. The van der Waals surface area contributed by atoms with E-state index in [9.17, 15) is 33.9 Å². The van der Waals surface area contributed by atoms with Gasteiger partial charge in [0.25, 0.3) is 0 Å². The molecule has 5 unspecified atom stereocenters. The van der Waals surface area contributed by atoms with Crippen molar-refractivity contribution in [3.8, 4) is 0 Å². The van der Waals surface area contributed by atoms with Crippen LogP contribution < -0.4 is 21.7 Å². The number of nitrogens with one attached hydrogen (secondary N) is 3. The highest BCUT2D eigenvalue weighted by atomic mass is 16.4. The lowest BCUT2D eigenvalue weighted by molar-refractivity contribution is -0.143. The predicted octanol–water partition coefficient (Wildman–Crippen LogP) is -1.35. The zero-order chi connectivity index (χ0) is 25.0. The molecule has 0 heterocycles. The molecule has 0 aliphatic rings. The summed E-state index contributed by atoms with van der Waals surface area (Å²) in [5, 5.41) is 33.9. The molecule has 182 valence electrons. The van der Waals surface area contributed by atoms with Gasteiger partial charge in [-0.25, -0.2) is 4.79 Å². The first-order valence-electron chi connectivity index (χ1n) is 10.1. The van der Waals surface area contributed by atoms with E-state index in [1.807, 2.05) is 0 Å². The zero-order valence-corrected chi connectivity index (χ0v) is 18.3. The number of amides is 3. The molecule has 0 radical (unpaired) electrons. The Morgan fingerprint density at radius 1 is 0.750 bits per heavy atom. The van der Waals surface area contributed by atoms with Crippen LogP contribution in [-0.4, -0.2) is 75.1 Å². The van der Waals surface area contributed by atoms with E-state index in [0.29, 0.717) is 6.42 Å². The van der Waals surface area contributed by atoms with Crippen LogP contribution in [0.25, 0.3) is 0 Å². The average Bonchev–Trinajstić information content (AvgIpc) is 2.70. The van der Waals surface area contributed by atoms with Crippen LogP contribution in [0, 0.1) is 5.92 Å². The van der Waals surface area contributed by atoms with E-state index in [0.717, 1.165) is 0 Å². The first kappa shape index (κ1) is 28.8. The van der Waals surface area contributed by atoms with Crippen molar-refractivity contribution in [1.82, 2.24) is 16.0 Å². The number of nitrogens with two attached hydrogens (primary N) is 1. The second-order valence-corrected chi connectivity index (χ2v) is 7.49. The summed E-state index contributed by atoms with van der Waals surface area (Å²) in [4.78, 5) is 70.4. The molecule has 5 atom stereocenters. The molecule has 13 heteroatoms. The van der Waals surface area contributed by atoms with Crippen molar-refractivity contribution in [2.75, 3.05) is 0 Å². The van der Waals surface area contributed by atoms with Crippen LogP contribution >= 0.6 is 0 Å². The third kappa shape index (κ3) is 10.7. The highest BCUT2D eigenvalue weighted by Gasteiger charge is 2.32. The summed E-state index contributed by atoms with van der Waals surface area (Å²) in [6, 6.07) is -4.94. The van der Waals surface area contributed by atoms with E-state index in [4.69, 9.17) is 15.9 Å². The fraction of sp³-hybridized carbons (Fsp3) is 0.684. The summed E-state index contributed by atoms with van der Waals surface area (Å²) in [6.45, 7) is 4.74. The molecular weight excluding hydrogens is 428 g/mol. The van der Waals surface area contributed by atoms with Crippen molar-refractivity contribution in [2.45, 2.75) is 77.0 Å². The van der Waals surface area contributed by atoms with Crippen molar-refractivity contribution in [1.29, 1.82) is 0 Å². The minimum atomic E-state index is -1.48. The quantitative estimate of drug-likeness (QED) is 0.152. The van der Waals surface area contributed by atoms with E-state index in [1.165, 1.54) is 6.92 Å². The second-order valence-electron chi connectivity index (χ2n) is 7.49. The van der Waals surface area contributed by atoms with Crippen molar-refractivity contribution < 1.29 is 44.1 Å². The predicted molar refractivity (Wildman–Crippen MR) is 110 cm³/mol. The molecule has 0 fully saturated rings. The summed E-state index contributed by atoms with van der Waals surface area (Å²) in [5.74, 6) is -6.70. The summed E-state index contributed by atoms with van der Waals surface area (Å²) < 4.78 is 0. The minimum absolute atomic E-state index is 0.259. The second kappa shape index (κ2) is 14.0. The molecular formula is C19H32N4O9. The summed E-state index contributed by atoms with van der Waals surface area (Å²) in [6.07, 6.45) is -1.13. The molecule has 0 rings (SSSR count). The maximum Gasteiger partial charge on any atom is 0.326 e. The maximum absolute atomic E-state index is 12.8. The van der Waals surface area contributed by atoms with Crippen molar-refractivity contribution in [3.05, 3.63) is 0 Å². The normalized spacial score (nSPS) is 15.4. The van der Waals surface area contributed by atoms with Gasteiger partial charge in [0.1, 0.15) is 18.1 Å². The van der Waals surface area contributed by atoms with E-state index in [2.05, 4.69) is 16.0 Å². The van der Waals surface area contributed by atoms with Gasteiger partial charge < -0.3 is 37.0 Å². The Balaban J connectivity index is 5.52. The lowest BCUT2D eigenvalue weighted by Gasteiger charge is -2.27. The Kier molecular flexibility index (Phi) is 12.6. The SMILES string of the molecule is CCC(C)C(NC(=O)C(CCC(=O)O)NC(=O)C(C)N)C(=O)NC(CCC(=O)O)C(=O)O. The molecule has 0 bridgehead atoms. The number of hydrogen-bond donors (Lipinski definition) is 7. The Morgan fingerprint density at radius 2 is 1.22 bits per heavy atom. The first-order chi connectivity index (χ1) is 14.8. The first-order valence-corrected chi connectivity index (χ1v) is 10.1. The van der Waals surface area contributed by atoms with Crippen LogP contribution in [-0.2, 0) is 28.8 Å². The fourth-order valence-electron chi connectivity index (χ4n) is 2.58. The van der Waals surface area contributed by atoms with Gasteiger partial charge in [-0.05, 0) is 25.7 Å². The van der Waals surface area contributed by atoms with E-state index < -0.39 is 78.6 Å². The summed E-state index contributed by atoms with van der Waals surface area (Å²) in [5.41, 5.74) is 5.47. The molecule has 0 aromatic carbocycles. The molecule has 0 aromatic heterocycles. The number of rotatable bonds is 15. The number of aliphatic carboxylic acids is 3. The van der Waals surface area contributed by atoms with Crippen LogP contribution in [0.4, 0.5) is 0 Å². The number of carboxylic acid groups (broad SMARTS) is 3. The largest absolute Gasteiger partial charge is 0.481 e. The lowest BCUT2D eigenvalue weighted by Crippen LogP contribution is -2.58. The number of carboxylic acids is 3. The van der Waals surface area contributed by atoms with Gasteiger partial charge >= 0.3 is 17.9 Å². The lowest BCUT2D eigenvalue weighted by atomic mass is 9.96.